The maximum absolute atomic E-state index is 13.2. The summed E-state index contributed by atoms with van der Waals surface area (Å²) in [5, 5.41) is 48.8. The Morgan fingerprint density at radius 3 is 2.13 bits per heavy atom. The van der Waals surface area contributed by atoms with E-state index in [1.54, 1.807) is 0 Å². The number of aliphatic hydroxyl groups is 3. The third kappa shape index (κ3) is 4.12. The van der Waals surface area contributed by atoms with Crippen LogP contribution in [0, 0.1) is 0 Å². The second-order valence-corrected chi connectivity index (χ2v) is 6.59. The summed E-state index contributed by atoms with van der Waals surface area (Å²) in [5.41, 5.74) is -0.150. The molecule has 5 N–H and O–H groups in total. The molecule has 3 rings (SSSR count). The first-order chi connectivity index (χ1) is 14.3. The molecule has 2 aromatic rings. The molecule has 0 saturated carbocycles. The highest BCUT2D eigenvalue weighted by Crippen LogP contribution is 2.38. The van der Waals surface area contributed by atoms with Crippen LogP contribution in [0.2, 0.25) is 0 Å². The molecule has 0 spiro atoms. The Morgan fingerprint density at radius 2 is 1.60 bits per heavy atom. The van der Waals surface area contributed by atoms with Crippen LogP contribution >= 0.6 is 0 Å². The smallest absolute Gasteiger partial charge is 0.229 e. The topological polar surface area (TPSA) is 155 Å². The van der Waals surface area contributed by atoms with Crippen LogP contribution < -0.4 is 14.2 Å². The number of ketones is 1. The third-order valence-corrected chi connectivity index (χ3v) is 4.63. The zero-order valence-corrected chi connectivity index (χ0v) is 16.2. The number of carbonyl (C=O) groups excluding carboxylic acids is 1. The lowest BCUT2D eigenvalue weighted by molar-refractivity contribution is -0.116. The highest BCUT2D eigenvalue weighted by atomic mass is 16.7. The van der Waals surface area contributed by atoms with Gasteiger partial charge in [0.25, 0.3) is 0 Å². The van der Waals surface area contributed by atoms with E-state index in [9.17, 15) is 30.3 Å². The van der Waals surface area contributed by atoms with Gasteiger partial charge < -0.3 is 44.5 Å². The first kappa shape index (κ1) is 21.7. The Morgan fingerprint density at radius 1 is 0.967 bits per heavy atom. The van der Waals surface area contributed by atoms with E-state index in [1.807, 2.05) is 0 Å². The fraction of sp³-hybridized carbons (Fsp3) is 0.350. The van der Waals surface area contributed by atoms with Crippen LogP contribution in [-0.2, 0) is 4.74 Å². The number of rotatable bonds is 7. The summed E-state index contributed by atoms with van der Waals surface area (Å²) >= 11 is 0. The molecule has 1 aliphatic rings. The van der Waals surface area contributed by atoms with Crippen LogP contribution in [0.1, 0.15) is 15.9 Å². The number of ether oxygens (including phenoxy) is 4. The molecule has 1 fully saturated rings. The largest absolute Gasteiger partial charge is 0.508 e. The predicted molar refractivity (Wildman–Crippen MR) is 101 cm³/mol. The molecule has 0 amide bonds. The van der Waals surface area contributed by atoms with Gasteiger partial charge in [0, 0.05) is 23.8 Å². The molecule has 10 heteroatoms. The molecule has 0 aliphatic carbocycles. The van der Waals surface area contributed by atoms with E-state index in [2.05, 4.69) is 0 Å². The maximum atomic E-state index is 13.2. The lowest BCUT2D eigenvalue weighted by Gasteiger charge is -2.21. The SMILES string of the molecule is COc1cc(OC)c(C(=O)c2cc(O)cc(O)c2)c(OC2OC(CO)C(O)C2O)c1. The molecule has 2 aromatic carbocycles. The van der Waals surface area contributed by atoms with Gasteiger partial charge in [0.2, 0.25) is 12.1 Å². The van der Waals surface area contributed by atoms with Gasteiger partial charge in [-0.2, -0.15) is 0 Å². The number of hydrogen-bond acceptors (Lipinski definition) is 10. The van der Waals surface area contributed by atoms with Crippen LogP contribution in [0.5, 0.6) is 28.7 Å². The van der Waals surface area contributed by atoms with E-state index in [1.165, 1.54) is 26.4 Å². The van der Waals surface area contributed by atoms with Gasteiger partial charge in [0.1, 0.15) is 52.6 Å². The zero-order valence-electron chi connectivity index (χ0n) is 16.2. The molecule has 0 aromatic heterocycles. The molecule has 1 heterocycles. The molecule has 1 saturated heterocycles. The van der Waals surface area contributed by atoms with E-state index < -0.39 is 37.0 Å². The summed E-state index contributed by atoms with van der Waals surface area (Å²) in [6.45, 7) is -0.548. The fourth-order valence-electron chi connectivity index (χ4n) is 3.12. The number of aliphatic hydroxyl groups excluding tert-OH is 3. The van der Waals surface area contributed by atoms with Crippen LogP contribution in [0.4, 0.5) is 0 Å². The minimum absolute atomic E-state index is 0.0537. The van der Waals surface area contributed by atoms with Crippen molar-refractivity contribution in [3.63, 3.8) is 0 Å². The average Bonchev–Trinajstić information content (AvgIpc) is 2.99. The second kappa shape index (κ2) is 8.76. The van der Waals surface area contributed by atoms with Crippen molar-refractivity contribution in [1.82, 2.24) is 0 Å². The Labute approximate surface area is 171 Å². The number of hydrogen-bond donors (Lipinski definition) is 5. The Kier molecular flexibility index (Phi) is 6.32. The molecule has 1 aliphatic heterocycles. The quantitative estimate of drug-likeness (QED) is 0.390. The average molecular weight is 422 g/mol. The summed E-state index contributed by atoms with van der Waals surface area (Å²) in [5.74, 6) is -1.09. The molecule has 10 nitrogen and oxygen atoms in total. The standard InChI is InChI=1S/C20H22O10/c1-27-12-6-13(28-2)16(17(24)9-3-10(22)5-11(23)4-9)14(7-12)29-20-19(26)18(25)15(8-21)30-20/h3-7,15,18-23,25-26H,8H2,1-2H3. The molecular weight excluding hydrogens is 400 g/mol. The maximum Gasteiger partial charge on any atom is 0.229 e. The van der Waals surface area contributed by atoms with Gasteiger partial charge >= 0.3 is 0 Å². The van der Waals surface area contributed by atoms with Crippen molar-refractivity contribution < 1.29 is 49.3 Å². The van der Waals surface area contributed by atoms with Crippen molar-refractivity contribution in [3.05, 3.63) is 41.5 Å². The molecule has 4 atom stereocenters. The van der Waals surface area contributed by atoms with Gasteiger partial charge in [0.15, 0.2) is 0 Å². The lowest BCUT2D eigenvalue weighted by Crippen LogP contribution is -2.35. The number of phenols is 2. The predicted octanol–water partition coefficient (Wildman–Crippen LogP) is 0.164. The van der Waals surface area contributed by atoms with Gasteiger partial charge in [-0.3, -0.25) is 4.79 Å². The number of carbonyl (C=O) groups is 1. The van der Waals surface area contributed by atoms with Crippen LogP contribution in [-0.4, -0.2) is 76.7 Å². The molecule has 4 unspecified atom stereocenters. The molecule has 0 bridgehead atoms. The first-order valence-corrected chi connectivity index (χ1v) is 8.91. The van der Waals surface area contributed by atoms with Crippen LogP contribution in [0.3, 0.4) is 0 Å². The number of benzene rings is 2. The van der Waals surface area contributed by atoms with E-state index in [0.717, 1.165) is 18.2 Å². The van der Waals surface area contributed by atoms with Crippen LogP contribution in [0.15, 0.2) is 30.3 Å². The van der Waals surface area contributed by atoms with Crippen molar-refractivity contribution in [2.24, 2.45) is 0 Å². The fourth-order valence-corrected chi connectivity index (χ4v) is 3.12. The summed E-state index contributed by atoms with van der Waals surface area (Å²) in [6, 6.07) is 6.16. The Hall–Kier alpha value is -3.05. The molecular formula is C20H22O10. The number of aromatic hydroxyl groups is 2. The van der Waals surface area contributed by atoms with E-state index in [-0.39, 0.29) is 39.9 Å². The molecule has 162 valence electrons. The minimum atomic E-state index is -1.49. The van der Waals surface area contributed by atoms with Gasteiger partial charge in [-0.15, -0.1) is 0 Å². The number of phenolic OH excluding ortho intramolecular Hbond substituents is 2. The van der Waals surface area contributed by atoms with Gasteiger partial charge in [-0.1, -0.05) is 0 Å². The monoisotopic (exact) mass is 422 g/mol. The summed E-state index contributed by atoms with van der Waals surface area (Å²) in [6.07, 6.45) is -5.35. The zero-order chi connectivity index (χ0) is 22.0. The molecule has 0 radical (unpaired) electrons. The summed E-state index contributed by atoms with van der Waals surface area (Å²) in [7, 11) is 2.71. The second-order valence-electron chi connectivity index (χ2n) is 6.59. The number of methoxy groups -OCH3 is 2. The van der Waals surface area contributed by atoms with Gasteiger partial charge in [-0.25, -0.2) is 0 Å². The van der Waals surface area contributed by atoms with E-state index in [4.69, 9.17) is 18.9 Å². The van der Waals surface area contributed by atoms with Crippen molar-refractivity contribution >= 4 is 5.78 Å². The molecule has 30 heavy (non-hydrogen) atoms. The lowest BCUT2D eigenvalue weighted by atomic mass is 10.0. The minimum Gasteiger partial charge on any atom is -0.508 e. The van der Waals surface area contributed by atoms with Crippen LogP contribution in [0.25, 0.3) is 0 Å². The first-order valence-electron chi connectivity index (χ1n) is 8.91. The van der Waals surface area contributed by atoms with E-state index in [0.29, 0.717) is 0 Å². The normalized spacial score (nSPS) is 23.2. The van der Waals surface area contributed by atoms with Crippen molar-refractivity contribution in [2.75, 3.05) is 20.8 Å². The van der Waals surface area contributed by atoms with Gasteiger partial charge in [-0.05, 0) is 12.1 Å². The Balaban J connectivity index is 2.06. The third-order valence-electron chi connectivity index (χ3n) is 4.63. The van der Waals surface area contributed by atoms with Crippen molar-refractivity contribution in [2.45, 2.75) is 24.6 Å². The van der Waals surface area contributed by atoms with Crippen molar-refractivity contribution in [3.8, 4) is 28.7 Å². The summed E-state index contributed by atoms with van der Waals surface area (Å²) < 4.78 is 21.5. The Bertz CT molecular complexity index is 908. The van der Waals surface area contributed by atoms with Crippen molar-refractivity contribution in [1.29, 1.82) is 0 Å². The van der Waals surface area contributed by atoms with Gasteiger partial charge in [0.05, 0.1) is 20.8 Å². The highest BCUT2D eigenvalue weighted by Gasteiger charge is 2.44. The highest BCUT2D eigenvalue weighted by molar-refractivity contribution is 6.13. The summed E-state index contributed by atoms with van der Waals surface area (Å²) in [4.78, 5) is 13.2. The van der Waals surface area contributed by atoms with E-state index >= 15 is 0 Å².